The number of anilines is 1. The number of piperidine rings is 1. The van der Waals surface area contributed by atoms with Gasteiger partial charge in [-0.15, -0.1) is 0 Å². The van der Waals surface area contributed by atoms with E-state index >= 15 is 0 Å². The maximum atomic E-state index is 12.5. The van der Waals surface area contributed by atoms with Crippen LogP contribution in [0.2, 0.25) is 0 Å². The number of amides is 2. The molecule has 0 bridgehead atoms. The Labute approximate surface area is 139 Å². The third-order valence-electron chi connectivity index (χ3n) is 4.91. The van der Waals surface area contributed by atoms with Gasteiger partial charge in [0, 0.05) is 18.3 Å². The molecule has 1 aromatic carbocycles. The van der Waals surface area contributed by atoms with Gasteiger partial charge in [0.2, 0.25) is 0 Å². The number of nitrogens with zero attached hydrogens (tertiary/aromatic N) is 1. The fourth-order valence-corrected chi connectivity index (χ4v) is 3.26. The molecule has 0 saturated carbocycles. The molecule has 0 spiro atoms. The van der Waals surface area contributed by atoms with Gasteiger partial charge >= 0.3 is 11.8 Å². The quantitative estimate of drug-likeness (QED) is 0.856. The topological polar surface area (TPSA) is 49.4 Å². The van der Waals surface area contributed by atoms with Gasteiger partial charge in [-0.05, 0) is 49.7 Å². The van der Waals surface area contributed by atoms with Crippen LogP contribution in [0.25, 0.3) is 0 Å². The summed E-state index contributed by atoms with van der Waals surface area (Å²) in [5, 5.41) is 2.84. The summed E-state index contributed by atoms with van der Waals surface area (Å²) in [6.07, 6.45) is 5.02. The van der Waals surface area contributed by atoms with Gasteiger partial charge in [-0.3, -0.25) is 9.59 Å². The van der Waals surface area contributed by atoms with Crippen LogP contribution in [0.15, 0.2) is 24.3 Å². The Morgan fingerprint density at radius 3 is 2.70 bits per heavy atom. The third-order valence-corrected chi connectivity index (χ3v) is 4.91. The summed E-state index contributed by atoms with van der Waals surface area (Å²) in [4.78, 5) is 26.7. The molecule has 23 heavy (non-hydrogen) atoms. The molecule has 1 aliphatic heterocycles. The van der Waals surface area contributed by atoms with Crippen molar-refractivity contribution in [2.24, 2.45) is 0 Å². The van der Waals surface area contributed by atoms with E-state index in [2.05, 4.69) is 26.1 Å². The van der Waals surface area contributed by atoms with E-state index in [0.29, 0.717) is 12.5 Å². The minimum Gasteiger partial charge on any atom is -0.331 e. The summed E-state index contributed by atoms with van der Waals surface area (Å²) >= 11 is 0. The first kappa shape index (κ1) is 17.5. The van der Waals surface area contributed by atoms with Crippen LogP contribution in [0.1, 0.15) is 64.4 Å². The molecule has 4 nitrogen and oxygen atoms in total. The SMILES string of the molecule is CCC(C)c1ccccc1NC(=O)C(=O)N1CCCCC1CC. The highest BCUT2D eigenvalue weighted by Gasteiger charge is 2.30. The first-order valence-electron chi connectivity index (χ1n) is 8.79. The lowest BCUT2D eigenvalue weighted by Gasteiger charge is -2.34. The highest BCUT2D eigenvalue weighted by Crippen LogP contribution is 2.27. The number of rotatable bonds is 4. The summed E-state index contributed by atoms with van der Waals surface area (Å²) in [5.74, 6) is -0.559. The normalized spacial score (nSPS) is 19.3. The van der Waals surface area contributed by atoms with Crippen molar-refractivity contribution in [1.29, 1.82) is 0 Å². The van der Waals surface area contributed by atoms with Gasteiger partial charge in [-0.25, -0.2) is 0 Å². The maximum Gasteiger partial charge on any atom is 0.313 e. The molecular formula is C19H28N2O2. The summed E-state index contributed by atoms with van der Waals surface area (Å²) in [5.41, 5.74) is 1.84. The number of carbonyl (C=O) groups is 2. The second kappa shape index (κ2) is 8.14. The van der Waals surface area contributed by atoms with Gasteiger partial charge in [-0.1, -0.05) is 39.0 Å². The fraction of sp³-hybridized carbons (Fsp3) is 0.579. The monoisotopic (exact) mass is 316 g/mol. The van der Waals surface area contributed by atoms with Gasteiger partial charge in [0.05, 0.1) is 0 Å². The molecule has 1 aromatic rings. The van der Waals surface area contributed by atoms with Crippen molar-refractivity contribution >= 4 is 17.5 Å². The number of hydrogen-bond acceptors (Lipinski definition) is 2. The predicted octanol–water partition coefficient (Wildman–Crippen LogP) is 3.93. The summed E-state index contributed by atoms with van der Waals surface area (Å²) in [6.45, 7) is 7.02. The summed E-state index contributed by atoms with van der Waals surface area (Å²) in [7, 11) is 0. The van der Waals surface area contributed by atoms with Gasteiger partial charge in [-0.2, -0.15) is 0 Å². The Morgan fingerprint density at radius 1 is 1.26 bits per heavy atom. The van der Waals surface area contributed by atoms with E-state index in [1.165, 1.54) is 0 Å². The van der Waals surface area contributed by atoms with Gasteiger partial charge in [0.15, 0.2) is 0 Å². The molecule has 126 valence electrons. The Kier molecular flexibility index (Phi) is 6.20. The van der Waals surface area contributed by atoms with Crippen LogP contribution in [0.4, 0.5) is 5.69 Å². The zero-order chi connectivity index (χ0) is 16.8. The lowest BCUT2D eigenvalue weighted by molar-refractivity contribution is -0.145. The van der Waals surface area contributed by atoms with E-state index in [0.717, 1.165) is 43.4 Å². The lowest BCUT2D eigenvalue weighted by Crippen LogP contribution is -2.48. The van der Waals surface area contributed by atoms with E-state index in [4.69, 9.17) is 0 Å². The fourth-order valence-electron chi connectivity index (χ4n) is 3.26. The molecule has 4 heteroatoms. The molecule has 0 radical (unpaired) electrons. The zero-order valence-electron chi connectivity index (χ0n) is 14.5. The van der Waals surface area contributed by atoms with E-state index in [9.17, 15) is 9.59 Å². The Morgan fingerprint density at radius 2 is 2.00 bits per heavy atom. The molecule has 2 rings (SSSR count). The molecule has 1 aliphatic rings. The smallest absolute Gasteiger partial charge is 0.313 e. The van der Waals surface area contributed by atoms with Crippen LogP contribution in [-0.2, 0) is 9.59 Å². The largest absolute Gasteiger partial charge is 0.331 e. The molecule has 2 atom stereocenters. The van der Waals surface area contributed by atoms with Crippen molar-refractivity contribution in [3.63, 3.8) is 0 Å². The van der Waals surface area contributed by atoms with Crippen LogP contribution in [0.3, 0.4) is 0 Å². The Hall–Kier alpha value is -1.84. The minimum atomic E-state index is -0.513. The molecule has 2 unspecified atom stereocenters. The van der Waals surface area contributed by atoms with Gasteiger partial charge in [0.25, 0.3) is 0 Å². The van der Waals surface area contributed by atoms with Crippen LogP contribution in [-0.4, -0.2) is 29.3 Å². The molecule has 0 aliphatic carbocycles. The van der Waals surface area contributed by atoms with Crippen molar-refractivity contribution < 1.29 is 9.59 Å². The average Bonchev–Trinajstić information content (AvgIpc) is 2.60. The van der Waals surface area contributed by atoms with Crippen molar-refractivity contribution in [2.45, 2.75) is 64.8 Å². The summed E-state index contributed by atoms with van der Waals surface area (Å²) < 4.78 is 0. The van der Waals surface area contributed by atoms with Crippen LogP contribution >= 0.6 is 0 Å². The van der Waals surface area contributed by atoms with Crippen LogP contribution < -0.4 is 5.32 Å². The van der Waals surface area contributed by atoms with Gasteiger partial charge in [0.1, 0.15) is 0 Å². The molecule has 2 amide bonds. The van der Waals surface area contributed by atoms with Gasteiger partial charge < -0.3 is 10.2 Å². The first-order chi connectivity index (χ1) is 11.1. The number of likely N-dealkylation sites (tertiary alicyclic amines) is 1. The Bertz CT molecular complexity index is 556. The maximum absolute atomic E-state index is 12.5. The molecule has 1 N–H and O–H groups in total. The molecule has 1 heterocycles. The van der Waals surface area contributed by atoms with E-state index in [1.54, 1.807) is 4.90 Å². The number of para-hydroxylation sites is 1. The van der Waals surface area contributed by atoms with Crippen molar-refractivity contribution in [3.05, 3.63) is 29.8 Å². The first-order valence-corrected chi connectivity index (χ1v) is 8.79. The number of benzene rings is 1. The highest BCUT2D eigenvalue weighted by molar-refractivity contribution is 6.39. The average molecular weight is 316 g/mol. The van der Waals surface area contributed by atoms with E-state index in [-0.39, 0.29) is 6.04 Å². The van der Waals surface area contributed by atoms with Crippen LogP contribution in [0.5, 0.6) is 0 Å². The molecule has 0 aromatic heterocycles. The third kappa shape index (κ3) is 4.12. The molecule has 1 saturated heterocycles. The highest BCUT2D eigenvalue weighted by atomic mass is 16.2. The van der Waals surface area contributed by atoms with E-state index in [1.807, 2.05) is 24.3 Å². The second-order valence-electron chi connectivity index (χ2n) is 6.41. The Balaban J connectivity index is 2.11. The van der Waals surface area contributed by atoms with Crippen molar-refractivity contribution in [3.8, 4) is 0 Å². The molecular weight excluding hydrogens is 288 g/mol. The van der Waals surface area contributed by atoms with Crippen LogP contribution in [0, 0.1) is 0 Å². The number of nitrogens with one attached hydrogen (secondary N) is 1. The number of hydrogen-bond donors (Lipinski definition) is 1. The standard InChI is InChI=1S/C19H28N2O2/c1-4-14(3)16-11-6-7-12-17(16)20-18(22)19(23)21-13-9-8-10-15(21)5-2/h6-7,11-12,14-15H,4-5,8-10,13H2,1-3H3,(H,20,22). The molecule has 1 fully saturated rings. The number of carbonyl (C=O) groups excluding carboxylic acids is 2. The summed E-state index contributed by atoms with van der Waals surface area (Å²) in [6, 6.07) is 7.95. The lowest BCUT2D eigenvalue weighted by atomic mass is 9.97. The van der Waals surface area contributed by atoms with Crippen molar-refractivity contribution in [1.82, 2.24) is 4.90 Å². The zero-order valence-corrected chi connectivity index (χ0v) is 14.5. The van der Waals surface area contributed by atoms with Crippen molar-refractivity contribution in [2.75, 3.05) is 11.9 Å². The predicted molar refractivity (Wildman–Crippen MR) is 93.4 cm³/mol. The minimum absolute atomic E-state index is 0.201. The second-order valence-corrected chi connectivity index (χ2v) is 6.41. The van der Waals surface area contributed by atoms with E-state index < -0.39 is 11.8 Å².